The standard InChI is InChI=1S/C22H24BrNO5/c1-14(2)20(22(26)27)24-19(25)10-9-16-11-17(23)21(18(12-16)28-3)29-13-15-7-5-4-6-8-15/h4-12,14,20H,13H2,1-3H3,(H,24,25)(H,26,27)/b10-9+/t20-/m0/s1. The molecule has 0 saturated carbocycles. The minimum Gasteiger partial charge on any atom is -0.493 e. The molecule has 7 heteroatoms. The molecule has 6 nitrogen and oxygen atoms in total. The molecule has 2 aromatic carbocycles. The first-order valence-electron chi connectivity index (χ1n) is 9.07. The van der Waals surface area contributed by atoms with Gasteiger partial charge in [0.2, 0.25) is 5.91 Å². The molecular weight excluding hydrogens is 438 g/mol. The average molecular weight is 462 g/mol. The number of hydrogen-bond acceptors (Lipinski definition) is 4. The Labute approximate surface area is 178 Å². The van der Waals surface area contributed by atoms with E-state index in [1.54, 1.807) is 32.1 Å². The maximum Gasteiger partial charge on any atom is 0.326 e. The Kier molecular flexibility index (Phi) is 8.27. The lowest BCUT2D eigenvalue weighted by molar-refractivity contribution is -0.142. The molecule has 1 atom stereocenters. The van der Waals surface area contributed by atoms with Crippen LogP contribution >= 0.6 is 15.9 Å². The van der Waals surface area contributed by atoms with Gasteiger partial charge >= 0.3 is 5.97 Å². The molecular formula is C22H24BrNO5. The molecule has 2 aromatic rings. The number of aliphatic carboxylic acids is 1. The third-order valence-corrected chi connectivity index (χ3v) is 4.72. The molecule has 1 amide bonds. The highest BCUT2D eigenvalue weighted by molar-refractivity contribution is 9.10. The van der Waals surface area contributed by atoms with E-state index in [9.17, 15) is 14.7 Å². The fourth-order valence-corrected chi connectivity index (χ4v) is 3.17. The van der Waals surface area contributed by atoms with E-state index in [2.05, 4.69) is 21.2 Å². The fourth-order valence-electron chi connectivity index (χ4n) is 2.59. The third kappa shape index (κ3) is 6.64. The van der Waals surface area contributed by atoms with E-state index in [1.165, 1.54) is 13.2 Å². The first kappa shape index (κ1) is 22.5. The van der Waals surface area contributed by atoms with Crippen molar-refractivity contribution in [1.82, 2.24) is 5.32 Å². The van der Waals surface area contributed by atoms with Crippen molar-refractivity contribution in [2.45, 2.75) is 26.5 Å². The maximum absolute atomic E-state index is 12.1. The molecule has 0 spiro atoms. The summed E-state index contributed by atoms with van der Waals surface area (Å²) in [4.78, 5) is 23.3. The SMILES string of the molecule is COc1cc(/C=C/C(=O)N[C@H](C(=O)O)C(C)C)cc(Br)c1OCc1ccccc1. The number of carbonyl (C=O) groups is 2. The van der Waals surface area contributed by atoms with Crippen molar-refractivity contribution in [3.8, 4) is 11.5 Å². The van der Waals surface area contributed by atoms with E-state index in [1.807, 2.05) is 30.3 Å². The molecule has 0 unspecified atom stereocenters. The lowest BCUT2D eigenvalue weighted by atomic mass is 10.0. The lowest BCUT2D eigenvalue weighted by Crippen LogP contribution is -2.43. The number of carbonyl (C=O) groups excluding carboxylic acids is 1. The number of carboxylic acids is 1. The Bertz CT molecular complexity index is 880. The van der Waals surface area contributed by atoms with Crippen LogP contribution in [0.1, 0.15) is 25.0 Å². The van der Waals surface area contributed by atoms with Gasteiger partial charge in [0.25, 0.3) is 0 Å². The van der Waals surface area contributed by atoms with Crippen LogP contribution < -0.4 is 14.8 Å². The predicted octanol–water partition coefficient (Wildman–Crippen LogP) is 4.28. The van der Waals surface area contributed by atoms with E-state index < -0.39 is 17.9 Å². The maximum atomic E-state index is 12.1. The van der Waals surface area contributed by atoms with Crippen molar-refractivity contribution >= 4 is 33.9 Å². The Morgan fingerprint density at radius 2 is 1.90 bits per heavy atom. The Hall–Kier alpha value is -2.80. The van der Waals surface area contributed by atoms with Gasteiger partial charge in [0, 0.05) is 6.08 Å². The number of nitrogens with one attached hydrogen (secondary N) is 1. The summed E-state index contributed by atoms with van der Waals surface area (Å²) in [5.41, 5.74) is 1.73. The van der Waals surface area contributed by atoms with Gasteiger partial charge in [0.05, 0.1) is 11.6 Å². The molecule has 0 aliphatic heterocycles. The lowest BCUT2D eigenvalue weighted by Gasteiger charge is -2.16. The van der Waals surface area contributed by atoms with Gasteiger partial charge in [-0.2, -0.15) is 0 Å². The molecule has 0 radical (unpaired) electrons. The number of rotatable bonds is 9. The number of methoxy groups -OCH3 is 1. The number of benzene rings is 2. The molecule has 0 aliphatic rings. The molecule has 154 valence electrons. The van der Waals surface area contributed by atoms with Crippen molar-refractivity contribution in [3.05, 3.63) is 64.1 Å². The summed E-state index contributed by atoms with van der Waals surface area (Å²) in [5, 5.41) is 11.7. The molecule has 0 aliphatic carbocycles. The molecule has 2 N–H and O–H groups in total. The molecule has 2 rings (SSSR count). The van der Waals surface area contributed by atoms with Crippen LogP contribution in [0.4, 0.5) is 0 Å². The van der Waals surface area contributed by atoms with Crippen molar-refractivity contribution in [1.29, 1.82) is 0 Å². The number of ether oxygens (including phenoxy) is 2. The van der Waals surface area contributed by atoms with E-state index in [0.717, 1.165) is 5.56 Å². The Morgan fingerprint density at radius 1 is 1.21 bits per heavy atom. The van der Waals surface area contributed by atoms with Gasteiger partial charge in [-0.1, -0.05) is 44.2 Å². The highest BCUT2D eigenvalue weighted by Gasteiger charge is 2.22. The summed E-state index contributed by atoms with van der Waals surface area (Å²) in [6.45, 7) is 3.86. The van der Waals surface area contributed by atoms with Crippen LogP contribution in [0.25, 0.3) is 6.08 Å². The molecule has 0 saturated heterocycles. The van der Waals surface area contributed by atoms with Gasteiger partial charge in [0.15, 0.2) is 11.5 Å². The minimum atomic E-state index is -1.06. The van der Waals surface area contributed by atoms with Crippen molar-refractivity contribution < 1.29 is 24.2 Å². The van der Waals surface area contributed by atoms with Crippen LogP contribution in [0.2, 0.25) is 0 Å². The molecule has 0 heterocycles. The van der Waals surface area contributed by atoms with Crippen LogP contribution in [0.5, 0.6) is 11.5 Å². The van der Waals surface area contributed by atoms with E-state index in [4.69, 9.17) is 9.47 Å². The normalized spacial score (nSPS) is 12.0. The quantitative estimate of drug-likeness (QED) is 0.544. The molecule has 29 heavy (non-hydrogen) atoms. The molecule has 0 bridgehead atoms. The summed E-state index contributed by atoms with van der Waals surface area (Å²) in [7, 11) is 1.54. The van der Waals surface area contributed by atoms with Crippen molar-refractivity contribution in [2.24, 2.45) is 5.92 Å². The van der Waals surface area contributed by atoms with E-state index >= 15 is 0 Å². The number of halogens is 1. The van der Waals surface area contributed by atoms with Crippen molar-refractivity contribution in [3.63, 3.8) is 0 Å². The number of hydrogen-bond donors (Lipinski definition) is 2. The second kappa shape index (κ2) is 10.7. The first-order valence-corrected chi connectivity index (χ1v) is 9.86. The summed E-state index contributed by atoms with van der Waals surface area (Å²) in [6, 6.07) is 12.4. The van der Waals surface area contributed by atoms with Gasteiger partial charge < -0.3 is 19.9 Å². The second-order valence-corrected chi connectivity index (χ2v) is 7.56. The third-order valence-electron chi connectivity index (χ3n) is 4.14. The van der Waals surface area contributed by atoms with Gasteiger partial charge in [-0.25, -0.2) is 4.79 Å². The summed E-state index contributed by atoms with van der Waals surface area (Å²) in [6.07, 6.45) is 2.88. The summed E-state index contributed by atoms with van der Waals surface area (Å²) < 4.78 is 12.0. The highest BCUT2D eigenvalue weighted by Crippen LogP contribution is 2.37. The monoisotopic (exact) mass is 461 g/mol. The van der Waals surface area contributed by atoms with E-state index in [0.29, 0.717) is 28.1 Å². The zero-order valence-corrected chi connectivity index (χ0v) is 18.1. The number of carboxylic acid groups (broad SMARTS) is 1. The molecule has 0 aromatic heterocycles. The zero-order valence-electron chi connectivity index (χ0n) is 16.5. The number of amides is 1. The van der Waals surface area contributed by atoms with Crippen LogP contribution in [0.3, 0.4) is 0 Å². The second-order valence-electron chi connectivity index (χ2n) is 6.71. The van der Waals surface area contributed by atoms with Crippen LogP contribution in [0.15, 0.2) is 53.0 Å². The van der Waals surface area contributed by atoms with Gasteiger partial charge in [-0.3, -0.25) is 4.79 Å². The first-order chi connectivity index (χ1) is 13.8. The fraction of sp³-hybridized carbons (Fsp3) is 0.273. The Morgan fingerprint density at radius 3 is 2.48 bits per heavy atom. The molecule has 0 fully saturated rings. The highest BCUT2D eigenvalue weighted by atomic mass is 79.9. The van der Waals surface area contributed by atoms with Gasteiger partial charge in [-0.05, 0) is 51.2 Å². The smallest absolute Gasteiger partial charge is 0.326 e. The predicted molar refractivity (Wildman–Crippen MR) is 115 cm³/mol. The van der Waals surface area contributed by atoms with Crippen LogP contribution in [-0.2, 0) is 16.2 Å². The topological polar surface area (TPSA) is 84.9 Å². The Balaban J connectivity index is 2.12. The average Bonchev–Trinajstić information content (AvgIpc) is 2.69. The largest absolute Gasteiger partial charge is 0.493 e. The zero-order chi connectivity index (χ0) is 21.4. The summed E-state index contributed by atoms with van der Waals surface area (Å²) >= 11 is 3.48. The van der Waals surface area contributed by atoms with Crippen LogP contribution in [0, 0.1) is 5.92 Å². The van der Waals surface area contributed by atoms with E-state index in [-0.39, 0.29) is 5.92 Å². The van der Waals surface area contributed by atoms with Gasteiger partial charge in [0.1, 0.15) is 12.6 Å². The minimum absolute atomic E-state index is 0.222. The van der Waals surface area contributed by atoms with Crippen molar-refractivity contribution in [2.75, 3.05) is 7.11 Å². The van der Waals surface area contributed by atoms with Crippen LogP contribution in [-0.4, -0.2) is 30.1 Å². The summed E-state index contributed by atoms with van der Waals surface area (Å²) in [5.74, 6) is -0.693. The van der Waals surface area contributed by atoms with Gasteiger partial charge in [-0.15, -0.1) is 0 Å².